The first-order valence-electron chi connectivity index (χ1n) is 7.41. The molecule has 2 heterocycles. The Balaban J connectivity index is 1.64. The summed E-state index contributed by atoms with van der Waals surface area (Å²) in [5.41, 5.74) is 2.41. The van der Waals surface area contributed by atoms with E-state index in [9.17, 15) is 9.18 Å². The molecule has 1 aromatic heterocycles. The van der Waals surface area contributed by atoms with Gasteiger partial charge in [-0.25, -0.2) is 4.39 Å². The van der Waals surface area contributed by atoms with E-state index in [2.05, 4.69) is 28.6 Å². The fourth-order valence-electron chi connectivity index (χ4n) is 2.83. The lowest BCUT2D eigenvalue weighted by atomic mass is 10.0. The minimum atomic E-state index is -0.299. The molecular weight excluding hydrogens is 299 g/mol. The quantitative estimate of drug-likeness (QED) is 0.935. The second-order valence-electron chi connectivity index (χ2n) is 5.71. The number of carbonyl (C=O) groups excluding carboxylic acids is 1. The number of amides is 1. The van der Waals surface area contributed by atoms with Gasteiger partial charge in [0.05, 0.1) is 6.54 Å². The third-order valence-corrected chi connectivity index (χ3v) is 5.20. The highest BCUT2D eigenvalue weighted by Gasteiger charge is 2.26. The van der Waals surface area contributed by atoms with Crippen LogP contribution in [0.1, 0.15) is 29.0 Å². The number of nitrogens with zero attached hydrogens (tertiary/aromatic N) is 1. The molecule has 1 atom stereocenters. The van der Waals surface area contributed by atoms with Crippen LogP contribution in [0.5, 0.6) is 0 Å². The standard InChI is InChI=1S/C17H19FN2OS/c1-11-3-4-13(9-15(11)18)19-17(21)10-20-7-5-16-14(12(20)2)6-8-22-16/h3-4,6,8-9,12H,5,7,10H2,1-2H3,(H,19,21)/t12-/m1/s1. The molecule has 22 heavy (non-hydrogen) atoms. The van der Waals surface area contributed by atoms with Crippen molar-refractivity contribution in [3.63, 3.8) is 0 Å². The molecule has 3 nitrogen and oxygen atoms in total. The summed E-state index contributed by atoms with van der Waals surface area (Å²) in [6, 6.07) is 7.16. The second kappa shape index (κ2) is 6.18. The average Bonchev–Trinajstić information content (AvgIpc) is 2.95. The lowest BCUT2D eigenvalue weighted by molar-refractivity contribution is -0.117. The number of benzene rings is 1. The minimum Gasteiger partial charge on any atom is -0.325 e. The van der Waals surface area contributed by atoms with Crippen LogP contribution < -0.4 is 5.32 Å². The molecule has 0 fully saturated rings. The number of halogens is 1. The molecule has 116 valence electrons. The Kier molecular flexibility index (Phi) is 4.27. The minimum absolute atomic E-state index is 0.103. The van der Waals surface area contributed by atoms with E-state index < -0.39 is 0 Å². The Labute approximate surface area is 133 Å². The number of thiophene rings is 1. The third-order valence-electron chi connectivity index (χ3n) is 4.21. The SMILES string of the molecule is Cc1ccc(NC(=O)CN2CCc3sccc3[C@H]2C)cc1F. The van der Waals surface area contributed by atoms with Crippen molar-refractivity contribution in [1.29, 1.82) is 0 Å². The van der Waals surface area contributed by atoms with Gasteiger partial charge in [0.15, 0.2) is 0 Å². The Bertz CT molecular complexity index is 698. The fraction of sp³-hybridized carbons (Fsp3) is 0.353. The molecule has 1 N–H and O–H groups in total. The first-order valence-corrected chi connectivity index (χ1v) is 8.29. The van der Waals surface area contributed by atoms with Gasteiger partial charge in [-0.15, -0.1) is 11.3 Å². The number of carbonyl (C=O) groups is 1. The first kappa shape index (κ1) is 15.2. The Morgan fingerprint density at radius 1 is 1.45 bits per heavy atom. The zero-order valence-corrected chi connectivity index (χ0v) is 13.5. The average molecular weight is 318 g/mol. The molecule has 0 saturated carbocycles. The van der Waals surface area contributed by atoms with Crippen LogP contribution in [0.4, 0.5) is 10.1 Å². The summed E-state index contributed by atoms with van der Waals surface area (Å²) < 4.78 is 13.5. The molecule has 0 unspecified atom stereocenters. The molecule has 1 aromatic carbocycles. The normalized spacial score (nSPS) is 18.0. The number of nitrogens with one attached hydrogen (secondary N) is 1. The van der Waals surface area contributed by atoms with E-state index in [4.69, 9.17) is 0 Å². The number of hydrogen-bond donors (Lipinski definition) is 1. The predicted molar refractivity (Wildman–Crippen MR) is 87.8 cm³/mol. The summed E-state index contributed by atoms with van der Waals surface area (Å²) in [7, 11) is 0. The largest absolute Gasteiger partial charge is 0.325 e. The van der Waals surface area contributed by atoms with Crippen LogP contribution >= 0.6 is 11.3 Å². The lowest BCUT2D eigenvalue weighted by Crippen LogP contribution is -2.39. The third kappa shape index (κ3) is 3.05. The Hall–Kier alpha value is -1.72. The van der Waals surface area contributed by atoms with Gasteiger partial charge in [0.1, 0.15) is 5.82 Å². The zero-order valence-electron chi connectivity index (χ0n) is 12.7. The van der Waals surface area contributed by atoms with Crippen molar-refractivity contribution in [2.24, 2.45) is 0 Å². The van der Waals surface area contributed by atoms with Gasteiger partial charge in [-0.05, 0) is 55.0 Å². The highest BCUT2D eigenvalue weighted by atomic mass is 32.1. The van der Waals surface area contributed by atoms with Crippen LogP contribution in [0.2, 0.25) is 0 Å². The number of fused-ring (bicyclic) bond motifs is 1. The fourth-order valence-corrected chi connectivity index (χ4v) is 3.80. The molecule has 0 radical (unpaired) electrons. The van der Waals surface area contributed by atoms with Gasteiger partial charge >= 0.3 is 0 Å². The smallest absolute Gasteiger partial charge is 0.238 e. The van der Waals surface area contributed by atoms with E-state index in [-0.39, 0.29) is 17.8 Å². The maximum Gasteiger partial charge on any atom is 0.238 e. The van der Waals surface area contributed by atoms with Crippen molar-refractivity contribution in [3.05, 3.63) is 51.5 Å². The van der Waals surface area contributed by atoms with Gasteiger partial charge in [0.2, 0.25) is 5.91 Å². The molecule has 1 aliphatic heterocycles. The molecular formula is C17H19FN2OS. The molecule has 3 rings (SSSR count). The number of rotatable bonds is 3. The highest BCUT2D eigenvalue weighted by molar-refractivity contribution is 7.10. The van der Waals surface area contributed by atoms with Crippen LogP contribution in [-0.4, -0.2) is 23.9 Å². The van der Waals surface area contributed by atoms with Crippen molar-refractivity contribution in [2.45, 2.75) is 26.3 Å². The van der Waals surface area contributed by atoms with Gasteiger partial charge in [-0.3, -0.25) is 9.69 Å². The maximum atomic E-state index is 13.5. The van der Waals surface area contributed by atoms with Crippen LogP contribution in [0, 0.1) is 12.7 Å². The van der Waals surface area contributed by atoms with E-state index >= 15 is 0 Å². The molecule has 0 aliphatic carbocycles. The lowest BCUT2D eigenvalue weighted by Gasteiger charge is -2.32. The van der Waals surface area contributed by atoms with E-state index in [1.807, 2.05) is 0 Å². The van der Waals surface area contributed by atoms with E-state index in [0.717, 1.165) is 13.0 Å². The number of aryl methyl sites for hydroxylation is 1. The zero-order chi connectivity index (χ0) is 15.7. The molecule has 2 aromatic rings. The topological polar surface area (TPSA) is 32.3 Å². The Morgan fingerprint density at radius 2 is 2.27 bits per heavy atom. The number of anilines is 1. The molecule has 0 saturated heterocycles. The van der Waals surface area contributed by atoms with Crippen molar-refractivity contribution in [1.82, 2.24) is 4.90 Å². The van der Waals surface area contributed by atoms with Crippen molar-refractivity contribution in [2.75, 3.05) is 18.4 Å². The highest BCUT2D eigenvalue weighted by Crippen LogP contribution is 2.32. The van der Waals surface area contributed by atoms with Gasteiger partial charge in [-0.2, -0.15) is 0 Å². The maximum absolute atomic E-state index is 13.5. The van der Waals surface area contributed by atoms with E-state index in [1.165, 1.54) is 16.5 Å². The Morgan fingerprint density at radius 3 is 3.05 bits per heavy atom. The summed E-state index contributed by atoms with van der Waals surface area (Å²) in [6.07, 6.45) is 0.990. The molecule has 0 bridgehead atoms. The molecule has 1 aliphatic rings. The summed E-state index contributed by atoms with van der Waals surface area (Å²) in [6.45, 7) is 5.04. The van der Waals surface area contributed by atoms with Crippen LogP contribution in [0.25, 0.3) is 0 Å². The summed E-state index contributed by atoms with van der Waals surface area (Å²) in [5.74, 6) is -0.402. The monoisotopic (exact) mass is 318 g/mol. The summed E-state index contributed by atoms with van der Waals surface area (Å²) in [5, 5.41) is 4.89. The predicted octanol–water partition coefficient (Wildman–Crippen LogP) is 3.75. The van der Waals surface area contributed by atoms with Gasteiger partial charge in [0.25, 0.3) is 0 Å². The summed E-state index contributed by atoms with van der Waals surface area (Å²) in [4.78, 5) is 15.8. The molecule has 5 heteroatoms. The first-order chi connectivity index (χ1) is 10.5. The van der Waals surface area contributed by atoms with Crippen molar-refractivity contribution < 1.29 is 9.18 Å². The summed E-state index contributed by atoms with van der Waals surface area (Å²) >= 11 is 1.79. The van der Waals surface area contributed by atoms with Crippen molar-refractivity contribution >= 4 is 22.9 Å². The van der Waals surface area contributed by atoms with Crippen molar-refractivity contribution in [3.8, 4) is 0 Å². The second-order valence-corrected chi connectivity index (χ2v) is 6.71. The molecule has 1 amide bonds. The van der Waals surface area contributed by atoms with Gasteiger partial charge in [0, 0.05) is 23.2 Å². The van der Waals surface area contributed by atoms with Gasteiger partial charge < -0.3 is 5.32 Å². The molecule has 0 spiro atoms. The van der Waals surface area contributed by atoms with Crippen LogP contribution in [0.3, 0.4) is 0 Å². The van der Waals surface area contributed by atoms with E-state index in [0.29, 0.717) is 17.8 Å². The van der Waals surface area contributed by atoms with Gasteiger partial charge in [-0.1, -0.05) is 6.07 Å². The number of hydrogen-bond acceptors (Lipinski definition) is 3. The van der Waals surface area contributed by atoms with E-state index in [1.54, 1.807) is 30.4 Å². The van der Waals surface area contributed by atoms with Crippen LogP contribution in [0.15, 0.2) is 29.6 Å². The van der Waals surface area contributed by atoms with Crippen LogP contribution in [-0.2, 0) is 11.2 Å².